The number of hydrogen-bond donors (Lipinski definition) is 1. The number of carbonyl (C=O) groups excluding carboxylic acids is 3. The average Bonchev–Trinajstić information content (AvgIpc) is 3.45. The van der Waals surface area contributed by atoms with Gasteiger partial charge in [-0.1, -0.05) is 19.3 Å². The zero-order valence-electron chi connectivity index (χ0n) is 18.7. The van der Waals surface area contributed by atoms with E-state index in [1.54, 1.807) is 52.4 Å². The van der Waals surface area contributed by atoms with Crippen molar-refractivity contribution >= 4 is 35.0 Å². The van der Waals surface area contributed by atoms with Crippen LogP contribution in [0.2, 0.25) is 0 Å². The second-order valence-corrected chi connectivity index (χ2v) is 8.97. The van der Waals surface area contributed by atoms with E-state index >= 15 is 0 Å². The predicted octanol–water partition coefficient (Wildman–Crippen LogP) is 4.04. The molecule has 8 heteroatoms. The number of aromatic nitrogens is 1. The third-order valence-corrected chi connectivity index (χ3v) is 6.85. The first kappa shape index (κ1) is 21.4. The minimum absolute atomic E-state index is 0.0303. The summed E-state index contributed by atoms with van der Waals surface area (Å²) >= 11 is 0. The summed E-state index contributed by atoms with van der Waals surface area (Å²) in [5.41, 5.74) is 1.89. The van der Waals surface area contributed by atoms with Gasteiger partial charge in [0.25, 0.3) is 5.91 Å². The Morgan fingerprint density at radius 2 is 1.67 bits per heavy atom. The largest absolute Gasteiger partial charge is 0.326 e. The lowest BCUT2D eigenvalue weighted by molar-refractivity contribution is -0.117. The van der Waals surface area contributed by atoms with Crippen molar-refractivity contribution in [3.05, 3.63) is 48.2 Å². The van der Waals surface area contributed by atoms with Crippen molar-refractivity contribution in [2.75, 3.05) is 34.8 Å². The van der Waals surface area contributed by atoms with Crippen molar-refractivity contribution in [1.29, 1.82) is 0 Å². The predicted molar refractivity (Wildman–Crippen MR) is 127 cm³/mol. The highest BCUT2D eigenvalue weighted by Gasteiger charge is 2.35. The van der Waals surface area contributed by atoms with Crippen LogP contribution in [-0.2, 0) is 4.79 Å². The number of benzene rings is 1. The van der Waals surface area contributed by atoms with Crippen molar-refractivity contribution < 1.29 is 14.4 Å². The Morgan fingerprint density at radius 3 is 2.33 bits per heavy atom. The molecule has 4 amide bonds. The van der Waals surface area contributed by atoms with Gasteiger partial charge in [0.05, 0.1) is 11.9 Å². The number of pyridine rings is 1. The van der Waals surface area contributed by atoms with E-state index in [1.807, 2.05) is 4.90 Å². The highest BCUT2D eigenvalue weighted by Crippen LogP contribution is 2.28. The molecule has 33 heavy (non-hydrogen) atoms. The van der Waals surface area contributed by atoms with Gasteiger partial charge in [-0.25, -0.2) is 9.78 Å². The summed E-state index contributed by atoms with van der Waals surface area (Å²) in [6.45, 7) is 2.10. The minimum atomic E-state index is -0.246. The van der Waals surface area contributed by atoms with Gasteiger partial charge in [0.1, 0.15) is 5.82 Å². The van der Waals surface area contributed by atoms with Crippen LogP contribution in [0.3, 0.4) is 0 Å². The van der Waals surface area contributed by atoms with Gasteiger partial charge in [0.2, 0.25) is 5.91 Å². The lowest BCUT2D eigenvalue weighted by atomic mass is 9.94. The molecule has 0 atom stereocenters. The number of nitrogens with zero attached hydrogens (tertiary/aromatic N) is 4. The van der Waals surface area contributed by atoms with Crippen molar-refractivity contribution in [3.63, 3.8) is 0 Å². The molecule has 0 bridgehead atoms. The molecule has 1 aromatic heterocycles. The van der Waals surface area contributed by atoms with Gasteiger partial charge in [0.15, 0.2) is 0 Å². The fourth-order valence-electron chi connectivity index (χ4n) is 5.03. The number of rotatable bonds is 5. The molecule has 5 rings (SSSR count). The van der Waals surface area contributed by atoms with Crippen LogP contribution in [0.5, 0.6) is 0 Å². The van der Waals surface area contributed by atoms with E-state index in [4.69, 9.17) is 0 Å². The Bertz CT molecular complexity index is 1030. The standard InChI is InChI=1S/C25H29N5O3/c31-23-7-4-14-28(23)21-11-8-18(9-12-21)24(32)27-19-10-13-22(26-17-19)30-16-15-29(25(30)33)20-5-2-1-3-6-20/h8-13,17,20H,1-7,14-16H2,(H,27,32). The second kappa shape index (κ2) is 9.21. The first-order valence-electron chi connectivity index (χ1n) is 11.9. The molecule has 2 aromatic rings. The van der Waals surface area contributed by atoms with E-state index < -0.39 is 0 Å². The van der Waals surface area contributed by atoms with Crippen molar-refractivity contribution in [2.24, 2.45) is 0 Å². The van der Waals surface area contributed by atoms with E-state index in [0.717, 1.165) is 38.0 Å². The minimum Gasteiger partial charge on any atom is -0.321 e. The summed E-state index contributed by atoms with van der Waals surface area (Å²) in [5.74, 6) is 0.484. The first-order valence-corrected chi connectivity index (χ1v) is 11.9. The molecule has 172 valence electrons. The smallest absolute Gasteiger partial charge is 0.321 e. The first-order chi connectivity index (χ1) is 16.1. The zero-order valence-corrected chi connectivity index (χ0v) is 18.7. The highest BCUT2D eigenvalue weighted by molar-refractivity contribution is 6.05. The van der Waals surface area contributed by atoms with Gasteiger partial charge in [-0.15, -0.1) is 0 Å². The van der Waals surface area contributed by atoms with Gasteiger partial charge in [-0.05, 0) is 55.7 Å². The van der Waals surface area contributed by atoms with Crippen LogP contribution in [0.4, 0.5) is 22.0 Å². The number of nitrogens with one attached hydrogen (secondary N) is 1. The van der Waals surface area contributed by atoms with Crippen LogP contribution >= 0.6 is 0 Å². The average molecular weight is 448 g/mol. The molecule has 1 saturated carbocycles. The maximum Gasteiger partial charge on any atom is 0.326 e. The van der Waals surface area contributed by atoms with Crippen LogP contribution in [-0.4, -0.2) is 53.4 Å². The Balaban J connectivity index is 1.20. The van der Waals surface area contributed by atoms with E-state index in [0.29, 0.717) is 36.1 Å². The Labute approximate surface area is 193 Å². The summed E-state index contributed by atoms with van der Waals surface area (Å²) < 4.78 is 0. The van der Waals surface area contributed by atoms with E-state index in [9.17, 15) is 14.4 Å². The molecule has 8 nitrogen and oxygen atoms in total. The monoisotopic (exact) mass is 447 g/mol. The summed E-state index contributed by atoms with van der Waals surface area (Å²) in [4.78, 5) is 47.3. The summed E-state index contributed by atoms with van der Waals surface area (Å²) in [6.07, 6.45) is 8.86. The second-order valence-electron chi connectivity index (χ2n) is 8.97. The number of urea groups is 1. The van der Waals surface area contributed by atoms with Gasteiger partial charge >= 0.3 is 6.03 Å². The van der Waals surface area contributed by atoms with Crippen LogP contribution in [0.25, 0.3) is 0 Å². The van der Waals surface area contributed by atoms with E-state index in [2.05, 4.69) is 10.3 Å². The Hall–Kier alpha value is -3.42. The molecule has 3 fully saturated rings. The molecule has 1 N–H and O–H groups in total. The normalized spacial score (nSPS) is 19.5. The third-order valence-electron chi connectivity index (χ3n) is 6.85. The number of carbonyl (C=O) groups is 3. The molecule has 3 aliphatic rings. The lowest BCUT2D eigenvalue weighted by Gasteiger charge is -2.30. The van der Waals surface area contributed by atoms with Gasteiger partial charge in [0, 0.05) is 43.3 Å². The van der Waals surface area contributed by atoms with Crippen molar-refractivity contribution in [1.82, 2.24) is 9.88 Å². The van der Waals surface area contributed by atoms with Crippen molar-refractivity contribution in [2.45, 2.75) is 51.0 Å². The maximum absolute atomic E-state index is 12.9. The van der Waals surface area contributed by atoms with Crippen LogP contribution in [0, 0.1) is 0 Å². The molecule has 2 saturated heterocycles. The van der Waals surface area contributed by atoms with Crippen LogP contribution in [0.15, 0.2) is 42.6 Å². The van der Waals surface area contributed by atoms with E-state index in [1.165, 1.54) is 19.3 Å². The topological polar surface area (TPSA) is 85.8 Å². The number of anilines is 3. The Morgan fingerprint density at radius 1 is 0.879 bits per heavy atom. The summed E-state index contributed by atoms with van der Waals surface area (Å²) in [6, 6.07) is 11.0. The quantitative estimate of drug-likeness (QED) is 0.750. The molecule has 0 unspecified atom stereocenters. The summed E-state index contributed by atoms with van der Waals surface area (Å²) in [7, 11) is 0. The van der Waals surface area contributed by atoms with Crippen molar-refractivity contribution in [3.8, 4) is 0 Å². The molecule has 0 spiro atoms. The van der Waals surface area contributed by atoms with Gasteiger partial charge in [-0.3, -0.25) is 14.5 Å². The molecule has 1 aromatic carbocycles. The number of hydrogen-bond acceptors (Lipinski definition) is 4. The summed E-state index contributed by atoms with van der Waals surface area (Å²) in [5, 5.41) is 2.85. The van der Waals surface area contributed by atoms with Crippen LogP contribution < -0.4 is 15.1 Å². The SMILES string of the molecule is O=C(Nc1ccc(N2CCN(C3CCCCC3)C2=O)nc1)c1ccc(N2CCCC2=O)cc1. The lowest BCUT2D eigenvalue weighted by Crippen LogP contribution is -2.40. The third kappa shape index (κ3) is 4.42. The fourth-order valence-corrected chi connectivity index (χ4v) is 5.03. The van der Waals surface area contributed by atoms with Gasteiger partial charge < -0.3 is 15.1 Å². The molecule has 2 aliphatic heterocycles. The van der Waals surface area contributed by atoms with E-state index in [-0.39, 0.29) is 17.8 Å². The maximum atomic E-state index is 12.9. The molecule has 0 radical (unpaired) electrons. The molecular weight excluding hydrogens is 418 g/mol. The highest BCUT2D eigenvalue weighted by atomic mass is 16.2. The molecule has 3 heterocycles. The van der Waals surface area contributed by atoms with Gasteiger partial charge in [-0.2, -0.15) is 0 Å². The number of amides is 4. The Kier molecular flexibility index (Phi) is 5.98. The molecular formula is C25H29N5O3. The molecule has 1 aliphatic carbocycles. The zero-order chi connectivity index (χ0) is 22.8. The fraction of sp³-hybridized carbons (Fsp3) is 0.440. The van der Waals surface area contributed by atoms with Crippen LogP contribution in [0.1, 0.15) is 55.3 Å².